The first-order valence-corrected chi connectivity index (χ1v) is 10.3. The molecule has 3 heterocycles. The fraction of sp³-hybridized carbons (Fsp3) is 0.375. The SMILES string of the molecule is C[C@]12CC[C@H](O1)[C@H]1C(=O)N(c3ccc(C#N)c(C(F)(F)F)c3)C(=O)[C@]12Cc1ccccc1. The number of anilines is 1. The van der Waals surface area contributed by atoms with Gasteiger partial charge in [0.15, 0.2) is 0 Å². The van der Waals surface area contributed by atoms with Crippen LogP contribution in [0.2, 0.25) is 0 Å². The van der Waals surface area contributed by atoms with E-state index in [1.54, 1.807) is 0 Å². The summed E-state index contributed by atoms with van der Waals surface area (Å²) < 4.78 is 46.7. The molecule has 8 heteroatoms. The van der Waals surface area contributed by atoms with Crippen molar-refractivity contribution in [3.05, 3.63) is 65.2 Å². The van der Waals surface area contributed by atoms with Gasteiger partial charge in [-0.2, -0.15) is 18.4 Å². The summed E-state index contributed by atoms with van der Waals surface area (Å²) in [6.45, 7) is 1.82. The molecule has 0 aliphatic carbocycles. The standard InChI is InChI=1S/C24H19F3N2O3/c1-22-10-9-18(32-22)19-20(30)29(16-8-7-15(13-28)17(11-16)24(25,26)27)21(31)23(19,22)12-14-5-3-2-4-6-14/h2-8,11,18-19H,9-10,12H2,1H3/t18-,19-,22+,23-/m0/s1. The Morgan fingerprint density at radius 2 is 1.91 bits per heavy atom. The number of halogens is 3. The van der Waals surface area contributed by atoms with Crippen LogP contribution in [0.4, 0.5) is 18.9 Å². The van der Waals surface area contributed by atoms with Crippen molar-refractivity contribution in [3.8, 4) is 6.07 Å². The third kappa shape index (κ3) is 2.61. The van der Waals surface area contributed by atoms with Crippen molar-refractivity contribution in [1.29, 1.82) is 5.26 Å². The number of fused-ring (bicyclic) bond motifs is 5. The van der Waals surface area contributed by atoms with Gasteiger partial charge < -0.3 is 4.74 Å². The predicted molar refractivity (Wildman–Crippen MR) is 107 cm³/mol. The molecule has 0 N–H and O–H groups in total. The van der Waals surface area contributed by atoms with E-state index >= 15 is 0 Å². The van der Waals surface area contributed by atoms with Crippen LogP contribution in [-0.2, 0) is 26.9 Å². The van der Waals surface area contributed by atoms with Crippen molar-refractivity contribution in [2.45, 2.75) is 44.1 Å². The van der Waals surface area contributed by atoms with Crippen LogP contribution in [0.1, 0.15) is 36.5 Å². The number of hydrogen-bond acceptors (Lipinski definition) is 4. The molecule has 0 unspecified atom stereocenters. The van der Waals surface area contributed by atoms with Crippen LogP contribution in [0.25, 0.3) is 0 Å². The van der Waals surface area contributed by atoms with Crippen LogP contribution in [0, 0.1) is 22.7 Å². The number of alkyl halides is 3. The van der Waals surface area contributed by atoms with Crippen molar-refractivity contribution in [2.24, 2.45) is 11.3 Å². The minimum atomic E-state index is -4.79. The fourth-order valence-corrected chi connectivity index (χ4v) is 5.78. The van der Waals surface area contributed by atoms with Crippen LogP contribution in [0.5, 0.6) is 0 Å². The number of rotatable bonds is 3. The minimum absolute atomic E-state index is 0.170. The largest absolute Gasteiger partial charge is 0.417 e. The first kappa shape index (κ1) is 20.7. The van der Waals surface area contributed by atoms with Crippen LogP contribution >= 0.6 is 0 Å². The Morgan fingerprint density at radius 1 is 1.19 bits per heavy atom. The average molecular weight is 440 g/mol. The van der Waals surface area contributed by atoms with E-state index in [0.717, 1.165) is 22.6 Å². The number of hydrogen-bond donors (Lipinski definition) is 0. The highest BCUT2D eigenvalue weighted by Gasteiger charge is 2.77. The molecule has 2 bridgehead atoms. The monoisotopic (exact) mass is 440 g/mol. The second kappa shape index (κ2) is 6.66. The first-order chi connectivity index (χ1) is 15.1. The van der Waals surface area contributed by atoms with Gasteiger partial charge in [-0.25, -0.2) is 4.90 Å². The zero-order chi connectivity index (χ0) is 22.9. The Hall–Kier alpha value is -3.18. The van der Waals surface area contributed by atoms with Crippen LogP contribution in [0.15, 0.2) is 48.5 Å². The molecule has 3 aliphatic rings. The zero-order valence-electron chi connectivity index (χ0n) is 17.1. The van der Waals surface area contributed by atoms with E-state index in [9.17, 15) is 22.8 Å². The average Bonchev–Trinajstić information content (AvgIpc) is 3.33. The minimum Gasteiger partial charge on any atom is -0.370 e. The summed E-state index contributed by atoms with van der Waals surface area (Å²) in [6.07, 6.45) is -3.78. The lowest BCUT2D eigenvalue weighted by atomic mass is 9.59. The second-order valence-corrected chi connectivity index (χ2v) is 8.86. The van der Waals surface area contributed by atoms with Gasteiger partial charge in [-0.15, -0.1) is 0 Å². The van der Waals surface area contributed by atoms with Gasteiger partial charge in [0.25, 0.3) is 0 Å². The van der Waals surface area contributed by atoms with E-state index in [4.69, 9.17) is 10.00 Å². The molecular formula is C24H19F3N2O3. The maximum Gasteiger partial charge on any atom is 0.417 e. The molecule has 3 fully saturated rings. The Kier molecular flexibility index (Phi) is 4.31. The number of carbonyl (C=O) groups is 2. The fourth-order valence-electron chi connectivity index (χ4n) is 5.78. The van der Waals surface area contributed by atoms with Gasteiger partial charge in [0, 0.05) is 0 Å². The summed E-state index contributed by atoms with van der Waals surface area (Å²) in [6, 6.07) is 13.7. The highest BCUT2D eigenvalue weighted by atomic mass is 19.4. The summed E-state index contributed by atoms with van der Waals surface area (Å²) in [5, 5.41) is 9.08. The zero-order valence-corrected chi connectivity index (χ0v) is 17.1. The normalized spacial score (nSPS) is 31.2. The molecule has 0 aromatic heterocycles. The summed E-state index contributed by atoms with van der Waals surface area (Å²) in [7, 11) is 0. The summed E-state index contributed by atoms with van der Waals surface area (Å²) in [5.74, 6) is -1.85. The van der Waals surface area contributed by atoms with Crippen molar-refractivity contribution in [1.82, 2.24) is 0 Å². The number of amides is 2. The quantitative estimate of drug-likeness (QED) is 0.670. The van der Waals surface area contributed by atoms with Gasteiger partial charge in [0.2, 0.25) is 11.8 Å². The number of ether oxygens (including phenoxy) is 1. The van der Waals surface area contributed by atoms with E-state index < -0.39 is 52.2 Å². The van der Waals surface area contributed by atoms with Crippen LogP contribution in [-0.4, -0.2) is 23.5 Å². The molecule has 5 nitrogen and oxygen atoms in total. The van der Waals surface area contributed by atoms with Crippen LogP contribution < -0.4 is 4.90 Å². The molecule has 4 atom stereocenters. The Morgan fingerprint density at radius 3 is 2.56 bits per heavy atom. The lowest BCUT2D eigenvalue weighted by Crippen LogP contribution is -2.53. The van der Waals surface area contributed by atoms with E-state index in [-0.39, 0.29) is 12.1 Å². The molecule has 2 aromatic rings. The smallest absolute Gasteiger partial charge is 0.370 e. The number of nitriles is 1. The highest BCUT2D eigenvalue weighted by molar-refractivity contribution is 6.25. The van der Waals surface area contributed by atoms with Crippen molar-refractivity contribution in [3.63, 3.8) is 0 Å². The molecule has 2 aromatic carbocycles. The molecule has 2 amide bonds. The van der Waals surface area contributed by atoms with E-state index in [1.165, 1.54) is 12.1 Å². The maximum absolute atomic E-state index is 13.9. The molecule has 0 saturated carbocycles. The van der Waals surface area contributed by atoms with E-state index in [2.05, 4.69) is 0 Å². The number of nitrogens with zero attached hydrogens (tertiary/aromatic N) is 2. The molecule has 3 aliphatic heterocycles. The number of imide groups is 1. The Labute approximate surface area is 182 Å². The molecule has 164 valence electrons. The third-order valence-corrected chi connectivity index (χ3v) is 7.25. The van der Waals surface area contributed by atoms with Crippen molar-refractivity contribution >= 4 is 17.5 Å². The molecular weight excluding hydrogens is 421 g/mol. The van der Waals surface area contributed by atoms with Crippen molar-refractivity contribution in [2.75, 3.05) is 4.90 Å². The van der Waals surface area contributed by atoms with Gasteiger partial charge in [0.1, 0.15) is 0 Å². The summed E-state index contributed by atoms with van der Waals surface area (Å²) >= 11 is 0. The number of benzene rings is 2. The van der Waals surface area contributed by atoms with Crippen LogP contribution in [0.3, 0.4) is 0 Å². The Balaban J connectivity index is 1.64. The van der Waals surface area contributed by atoms with Gasteiger partial charge in [0.05, 0.1) is 45.9 Å². The van der Waals surface area contributed by atoms with Gasteiger partial charge in [-0.05, 0) is 49.9 Å². The lowest BCUT2D eigenvalue weighted by Gasteiger charge is -2.40. The maximum atomic E-state index is 13.9. The topological polar surface area (TPSA) is 70.4 Å². The molecule has 3 saturated heterocycles. The Bertz CT molecular complexity index is 1170. The molecule has 0 radical (unpaired) electrons. The highest BCUT2D eigenvalue weighted by Crippen LogP contribution is 2.64. The lowest BCUT2D eigenvalue weighted by molar-refractivity contribution is -0.138. The second-order valence-electron chi connectivity index (χ2n) is 8.86. The molecule has 5 rings (SSSR count). The van der Waals surface area contributed by atoms with Gasteiger partial charge in [-0.3, -0.25) is 9.59 Å². The van der Waals surface area contributed by atoms with Gasteiger partial charge >= 0.3 is 6.18 Å². The predicted octanol–water partition coefficient (Wildman–Crippen LogP) is 4.25. The summed E-state index contributed by atoms with van der Waals surface area (Å²) in [5.41, 5.74) is -3.13. The summed E-state index contributed by atoms with van der Waals surface area (Å²) in [4.78, 5) is 28.3. The van der Waals surface area contributed by atoms with E-state index in [1.807, 2.05) is 37.3 Å². The van der Waals surface area contributed by atoms with E-state index in [0.29, 0.717) is 12.8 Å². The number of carbonyl (C=O) groups excluding carboxylic acids is 2. The molecule has 0 spiro atoms. The third-order valence-electron chi connectivity index (χ3n) is 7.25. The first-order valence-electron chi connectivity index (χ1n) is 10.3. The molecule has 32 heavy (non-hydrogen) atoms. The van der Waals surface area contributed by atoms with Crippen molar-refractivity contribution < 1.29 is 27.5 Å². The van der Waals surface area contributed by atoms with Gasteiger partial charge in [-0.1, -0.05) is 30.3 Å².